The lowest BCUT2D eigenvalue weighted by Gasteiger charge is -2.12. The Kier molecular flexibility index (Phi) is 5.40. The Bertz CT molecular complexity index is 1120. The van der Waals surface area contributed by atoms with Crippen LogP contribution in [0.4, 0.5) is 18.9 Å². The number of fused-ring (bicyclic) bond motifs is 2. The number of nitrogens with zero attached hydrogens (tertiary/aromatic N) is 1. The van der Waals surface area contributed by atoms with Gasteiger partial charge in [-0.15, -0.1) is 0 Å². The number of aromatic nitrogens is 2. The van der Waals surface area contributed by atoms with Crippen molar-refractivity contribution in [2.24, 2.45) is 0 Å². The van der Waals surface area contributed by atoms with Gasteiger partial charge in [-0.25, -0.2) is 0 Å². The minimum atomic E-state index is -4.36. The summed E-state index contributed by atoms with van der Waals surface area (Å²) in [5.41, 5.74) is 2.80. The van der Waals surface area contributed by atoms with Gasteiger partial charge >= 0.3 is 6.18 Å². The number of rotatable bonds is 7. The average Bonchev–Trinajstić information content (AvgIpc) is 3.17. The number of hydrogen-bond acceptors (Lipinski definition) is 3. The number of benzene rings is 2. The SMILES string of the molecule is FC(F)(F)c1ccc2c(NCCCNCc3ccc4[nH]ccc4c3)ccnc2c1. The van der Waals surface area contributed by atoms with E-state index in [2.05, 4.69) is 44.9 Å². The zero-order valence-corrected chi connectivity index (χ0v) is 15.7. The van der Waals surface area contributed by atoms with Crippen molar-refractivity contribution < 1.29 is 13.2 Å². The molecule has 0 aliphatic rings. The molecular formula is C22H21F3N4. The highest BCUT2D eigenvalue weighted by Crippen LogP contribution is 2.32. The number of H-pyrrole nitrogens is 1. The molecule has 0 unspecified atom stereocenters. The van der Waals surface area contributed by atoms with Crippen molar-refractivity contribution in [3.8, 4) is 0 Å². The molecule has 0 fully saturated rings. The third-order valence-electron chi connectivity index (χ3n) is 4.86. The second-order valence-electron chi connectivity index (χ2n) is 6.94. The number of anilines is 1. The van der Waals surface area contributed by atoms with E-state index in [1.54, 1.807) is 6.07 Å². The minimum absolute atomic E-state index is 0.336. The van der Waals surface area contributed by atoms with E-state index in [1.807, 2.05) is 6.20 Å². The molecule has 0 aliphatic heterocycles. The predicted molar refractivity (Wildman–Crippen MR) is 110 cm³/mol. The maximum absolute atomic E-state index is 12.9. The van der Waals surface area contributed by atoms with Crippen molar-refractivity contribution in [1.29, 1.82) is 0 Å². The standard InChI is InChI=1S/C22H21F3N4/c23-22(24,25)17-3-4-18-20(7-11-29-21(18)13-17)27-9-1-8-26-14-15-2-5-19-16(12-15)6-10-28-19/h2-7,10-13,26,28H,1,8-9,14H2,(H,27,29). The minimum Gasteiger partial charge on any atom is -0.384 e. The molecule has 0 radical (unpaired) electrons. The van der Waals surface area contributed by atoms with E-state index in [1.165, 1.54) is 23.2 Å². The smallest absolute Gasteiger partial charge is 0.384 e. The fourth-order valence-electron chi connectivity index (χ4n) is 3.36. The van der Waals surface area contributed by atoms with Crippen molar-refractivity contribution in [2.75, 3.05) is 18.4 Å². The van der Waals surface area contributed by atoms with Gasteiger partial charge in [-0.05, 0) is 60.3 Å². The molecule has 0 bridgehead atoms. The third kappa shape index (κ3) is 4.51. The Hall–Kier alpha value is -3.06. The molecule has 29 heavy (non-hydrogen) atoms. The molecule has 7 heteroatoms. The molecule has 0 aliphatic carbocycles. The number of aromatic amines is 1. The summed E-state index contributed by atoms with van der Waals surface area (Å²) in [5.74, 6) is 0. The van der Waals surface area contributed by atoms with Crippen LogP contribution in [0.3, 0.4) is 0 Å². The molecule has 4 rings (SSSR count). The second kappa shape index (κ2) is 8.13. The molecule has 3 N–H and O–H groups in total. The molecule has 0 atom stereocenters. The summed E-state index contributed by atoms with van der Waals surface area (Å²) in [6.45, 7) is 2.34. The molecule has 4 nitrogen and oxygen atoms in total. The van der Waals surface area contributed by atoms with E-state index in [0.717, 1.165) is 42.8 Å². The molecule has 0 spiro atoms. The molecule has 2 aromatic heterocycles. The first-order chi connectivity index (χ1) is 14.0. The van der Waals surface area contributed by atoms with E-state index < -0.39 is 11.7 Å². The first-order valence-corrected chi connectivity index (χ1v) is 9.47. The molecule has 0 saturated heterocycles. The Labute approximate surface area is 166 Å². The van der Waals surface area contributed by atoms with Gasteiger partial charge in [-0.1, -0.05) is 12.1 Å². The molecule has 4 aromatic rings. The molecule has 2 heterocycles. The van der Waals surface area contributed by atoms with Crippen LogP contribution >= 0.6 is 0 Å². The summed E-state index contributed by atoms with van der Waals surface area (Å²) in [7, 11) is 0. The number of hydrogen-bond donors (Lipinski definition) is 3. The van der Waals surface area contributed by atoms with Crippen LogP contribution in [0.1, 0.15) is 17.5 Å². The summed E-state index contributed by atoms with van der Waals surface area (Å²) >= 11 is 0. The van der Waals surface area contributed by atoms with Crippen LogP contribution in [0.2, 0.25) is 0 Å². The Balaban J connectivity index is 1.28. The van der Waals surface area contributed by atoms with Crippen LogP contribution in [-0.2, 0) is 12.7 Å². The van der Waals surface area contributed by atoms with Gasteiger partial charge in [-0.2, -0.15) is 13.2 Å². The summed E-state index contributed by atoms with van der Waals surface area (Å²) < 4.78 is 38.6. The number of nitrogens with one attached hydrogen (secondary N) is 3. The number of pyridine rings is 1. The van der Waals surface area contributed by atoms with Gasteiger partial charge in [0.15, 0.2) is 0 Å². The zero-order chi connectivity index (χ0) is 20.3. The quantitative estimate of drug-likeness (QED) is 0.369. The number of halogens is 3. The average molecular weight is 398 g/mol. The van der Waals surface area contributed by atoms with Crippen molar-refractivity contribution >= 4 is 27.5 Å². The monoisotopic (exact) mass is 398 g/mol. The Morgan fingerprint density at radius 2 is 1.86 bits per heavy atom. The fraction of sp³-hybridized carbons (Fsp3) is 0.227. The summed E-state index contributed by atoms with van der Waals surface area (Å²) in [6, 6.07) is 13.8. The van der Waals surface area contributed by atoms with Crippen molar-refractivity contribution in [3.05, 3.63) is 72.1 Å². The highest BCUT2D eigenvalue weighted by atomic mass is 19.4. The predicted octanol–water partition coefficient (Wildman–Crippen LogP) is 5.33. The largest absolute Gasteiger partial charge is 0.416 e. The van der Waals surface area contributed by atoms with E-state index in [9.17, 15) is 13.2 Å². The van der Waals surface area contributed by atoms with Gasteiger partial charge in [0.2, 0.25) is 0 Å². The lowest BCUT2D eigenvalue weighted by molar-refractivity contribution is -0.137. The first kappa shape index (κ1) is 19.3. The van der Waals surface area contributed by atoms with Gasteiger partial charge in [-0.3, -0.25) is 4.98 Å². The fourth-order valence-corrected chi connectivity index (χ4v) is 3.36. The van der Waals surface area contributed by atoms with Crippen LogP contribution in [0, 0.1) is 0 Å². The third-order valence-corrected chi connectivity index (χ3v) is 4.86. The second-order valence-corrected chi connectivity index (χ2v) is 6.94. The topological polar surface area (TPSA) is 52.7 Å². The Morgan fingerprint density at radius 1 is 0.966 bits per heavy atom. The molecule has 0 saturated carbocycles. The lowest BCUT2D eigenvalue weighted by Crippen LogP contribution is -2.17. The van der Waals surface area contributed by atoms with E-state index in [-0.39, 0.29) is 0 Å². The van der Waals surface area contributed by atoms with Crippen LogP contribution in [0.5, 0.6) is 0 Å². The van der Waals surface area contributed by atoms with Gasteiger partial charge in [0.05, 0.1) is 11.1 Å². The van der Waals surface area contributed by atoms with Gasteiger partial charge in [0, 0.05) is 42.1 Å². The molecular weight excluding hydrogens is 377 g/mol. The van der Waals surface area contributed by atoms with E-state index in [0.29, 0.717) is 17.4 Å². The molecule has 0 amide bonds. The van der Waals surface area contributed by atoms with E-state index in [4.69, 9.17) is 0 Å². The normalized spacial score (nSPS) is 12.0. The highest BCUT2D eigenvalue weighted by Gasteiger charge is 2.30. The maximum atomic E-state index is 12.9. The molecule has 2 aromatic carbocycles. The summed E-state index contributed by atoms with van der Waals surface area (Å²) in [6.07, 6.45) is -0.0199. The number of alkyl halides is 3. The van der Waals surface area contributed by atoms with Crippen LogP contribution in [0.25, 0.3) is 21.8 Å². The van der Waals surface area contributed by atoms with E-state index >= 15 is 0 Å². The summed E-state index contributed by atoms with van der Waals surface area (Å²) in [4.78, 5) is 7.25. The lowest BCUT2D eigenvalue weighted by atomic mass is 10.1. The van der Waals surface area contributed by atoms with Crippen molar-refractivity contribution in [1.82, 2.24) is 15.3 Å². The molecule has 150 valence electrons. The summed E-state index contributed by atoms with van der Waals surface area (Å²) in [5, 5.41) is 8.60. The van der Waals surface area contributed by atoms with Gasteiger partial charge in [0.1, 0.15) is 0 Å². The maximum Gasteiger partial charge on any atom is 0.416 e. The Morgan fingerprint density at radius 3 is 2.72 bits per heavy atom. The van der Waals surface area contributed by atoms with Crippen LogP contribution < -0.4 is 10.6 Å². The first-order valence-electron chi connectivity index (χ1n) is 9.47. The van der Waals surface area contributed by atoms with Crippen LogP contribution in [0.15, 0.2) is 60.9 Å². The zero-order valence-electron chi connectivity index (χ0n) is 15.7. The van der Waals surface area contributed by atoms with Crippen molar-refractivity contribution in [3.63, 3.8) is 0 Å². The van der Waals surface area contributed by atoms with Gasteiger partial charge < -0.3 is 15.6 Å². The van der Waals surface area contributed by atoms with Crippen molar-refractivity contribution in [2.45, 2.75) is 19.1 Å². The highest BCUT2D eigenvalue weighted by molar-refractivity contribution is 5.91. The van der Waals surface area contributed by atoms with Crippen LogP contribution in [-0.4, -0.2) is 23.1 Å². The van der Waals surface area contributed by atoms with Gasteiger partial charge in [0.25, 0.3) is 0 Å².